The van der Waals surface area contributed by atoms with Gasteiger partial charge in [-0.3, -0.25) is 14.5 Å². The Bertz CT molecular complexity index is 216. The van der Waals surface area contributed by atoms with Crippen LogP contribution < -0.4 is 0 Å². The number of rotatable bonds is 3. The maximum atomic E-state index is 11.2. The first-order valence-electron chi connectivity index (χ1n) is 4.55. The van der Waals surface area contributed by atoms with Crippen molar-refractivity contribution < 1.29 is 9.59 Å². The third-order valence-electron chi connectivity index (χ3n) is 2.32. The van der Waals surface area contributed by atoms with Crippen molar-refractivity contribution in [3.63, 3.8) is 0 Å². The molecule has 1 rings (SSSR count). The van der Waals surface area contributed by atoms with E-state index in [1.165, 1.54) is 0 Å². The second-order valence-electron chi connectivity index (χ2n) is 3.54. The summed E-state index contributed by atoms with van der Waals surface area (Å²) < 4.78 is 0. The molecule has 1 heterocycles. The van der Waals surface area contributed by atoms with Crippen molar-refractivity contribution in [1.82, 2.24) is 9.80 Å². The third kappa shape index (κ3) is 3.14. The molecule has 1 amide bonds. The van der Waals surface area contributed by atoms with Crippen molar-refractivity contribution >= 4 is 11.7 Å². The molecule has 0 saturated carbocycles. The lowest BCUT2D eigenvalue weighted by atomic mass is 10.2. The Balaban J connectivity index is 2.29. The monoisotopic (exact) mass is 184 g/mol. The summed E-state index contributed by atoms with van der Waals surface area (Å²) >= 11 is 0. The quantitative estimate of drug-likeness (QED) is 0.606. The molecular formula is C9H16N2O2. The van der Waals surface area contributed by atoms with Crippen molar-refractivity contribution in [1.29, 1.82) is 0 Å². The van der Waals surface area contributed by atoms with Crippen molar-refractivity contribution in [3.8, 4) is 0 Å². The number of amides is 1. The number of hydrogen-bond donors (Lipinski definition) is 0. The number of ketones is 1. The first-order chi connectivity index (χ1) is 6.09. The molecule has 0 radical (unpaired) electrons. The van der Waals surface area contributed by atoms with Gasteiger partial charge in [0.25, 0.3) is 0 Å². The Hall–Kier alpha value is -0.900. The SMILES string of the molecule is CC(=O)CCN1CCN(C)C(=O)C1. The maximum Gasteiger partial charge on any atom is 0.236 e. The molecule has 1 fully saturated rings. The van der Waals surface area contributed by atoms with Gasteiger partial charge in [0.05, 0.1) is 6.54 Å². The van der Waals surface area contributed by atoms with E-state index in [1.54, 1.807) is 11.8 Å². The third-order valence-corrected chi connectivity index (χ3v) is 2.32. The molecule has 0 aliphatic carbocycles. The molecular weight excluding hydrogens is 168 g/mol. The van der Waals surface area contributed by atoms with Gasteiger partial charge in [-0.15, -0.1) is 0 Å². The van der Waals surface area contributed by atoms with Crippen LogP contribution in [0.15, 0.2) is 0 Å². The maximum absolute atomic E-state index is 11.2. The lowest BCUT2D eigenvalue weighted by molar-refractivity contribution is -0.134. The smallest absolute Gasteiger partial charge is 0.236 e. The predicted octanol–water partition coefficient (Wildman–Crippen LogP) is -0.261. The van der Waals surface area contributed by atoms with Crippen LogP contribution in [0.4, 0.5) is 0 Å². The molecule has 1 aliphatic heterocycles. The number of likely N-dealkylation sites (N-methyl/N-ethyl adjacent to an activating group) is 1. The molecule has 0 N–H and O–H groups in total. The van der Waals surface area contributed by atoms with E-state index in [0.29, 0.717) is 13.0 Å². The number of nitrogens with zero attached hydrogens (tertiary/aromatic N) is 2. The highest BCUT2D eigenvalue weighted by molar-refractivity contribution is 5.79. The van der Waals surface area contributed by atoms with Gasteiger partial charge in [0.15, 0.2) is 0 Å². The van der Waals surface area contributed by atoms with Gasteiger partial charge in [0, 0.05) is 33.1 Å². The van der Waals surface area contributed by atoms with E-state index in [4.69, 9.17) is 0 Å². The Morgan fingerprint density at radius 3 is 2.69 bits per heavy atom. The number of piperazine rings is 1. The lowest BCUT2D eigenvalue weighted by Crippen LogP contribution is -2.48. The first-order valence-corrected chi connectivity index (χ1v) is 4.55. The molecule has 4 heteroatoms. The fourth-order valence-electron chi connectivity index (χ4n) is 1.31. The molecule has 0 aromatic carbocycles. The molecule has 0 aromatic rings. The second-order valence-corrected chi connectivity index (χ2v) is 3.54. The van der Waals surface area contributed by atoms with E-state index >= 15 is 0 Å². The van der Waals surface area contributed by atoms with Crippen LogP contribution in [-0.2, 0) is 9.59 Å². The minimum atomic E-state index is 0.148. The summed E-state index contributed by atoms with van der Waals surface area (Å²) in [6.45, 7) is 4.42. The minimum Gasteiger partial charge on any atom is -0.343 e. The van der Waals surface area contributed by atoms with Crippen molar-refractivity contribution in [3.05, 3.63) is 0 Å². The molecule has 1 saturated heterocycles. The topological polar surface area (TPSA) is 40.6 Å². The van der Waals surface area contributed by atoms with E-state index in [2.05, 4.69) is 0 Å². The molecule has 74 valence electrons. The molecule has 1 aliphatic rings. The zero-order valence-corrected chi connectivity index (χ0v) is 8.25. The van der Waals surface area contributed by atoms with E-state index in [0.717, 1.165) is 19.6 Å². The number of carbonyl (C=O) groups is 2. The van der Waals surface area contributed by atoms with Gasteiger partial charge >= 0.3 is 0 Å². The molecule has 0 spiro atoms. The highest BCUT2D eigenvalue weighted by Crippen LogP contribution is 2.01. The predicted molar refractivity (Wildman–Crippen MR) is 49.4 cm³/mol. The Morgan fingerprint density at radius 1 is 1.46 bits per heavy atom. The summed E-state index contributed by atoms with van der Waals surface area (Å²) in [5.74, 6) is 0.334. The van der Waals surface area contributed by atoms with Gasteiger partial charge in [-0.2, -0.15) is 0 Å². The van der Waals surface area contributed by atoms with Crippen LogP contribution in [0.2, 0.25) is 0 Å². The standard InChI is InChI=1S/C9H16N2O2/c1-8(12)3-4-11-6-5-10(2)9(13)7-11/h3-7H2,1-2H3. The normalized spacial score (nSPS) is 19.2. The zero-order valence-electron chi connectivity index (χ0n) is 8.25. The molecule has 0 atom stereocenters. The van der Waals surface area contributed by atoms with Crippen LogP contribution in [-0.4, -0.2) is 54.7 Å². The largest absolute Gasteiger partial charge is 0.343 e. The fourth-order valence-corrected chi connectivity index (χ4v) is 1.31. The fraction of sp³-hybridized carbons (Fsp3) is 0.778. The van der Waals surface area contributed by atoms with Crippen LogP contribution in [0, 0.1) is 0 Å². The zero-order chi connectivity index (χ0) is 9.84. The van der Waals surface area contributed by atoms with Crippen LogP contribution >= 0.6 is 0 Å². The number of carbonyl (C=O) groups excluding carboxylic acids is 2. The van der Waals surface area contributed by atoms with Gasteiger partial charge < -0.3 is 4.90 Å². The molecule has 4 nitrogen and oxygen atoms in total. The van der Waals surface area contributed by atoms with Crippen LogP contribution in [0.1, 0.15) is 13.3 Å². The average molecular weight is 184 g/mol. The second kappa shape index (κ2) is 4.37. The average Bonchev–Trinajstić information content (AvgIpc) is 2.07. The first kappa shape index (κ1) is 10.2. The van der Waals surface area contributed by atoms with E-state index < -0.39 is 0 Å². The number of Topliss-reactive ketones (excluding diaryl/α,β-unsaturated/α-hetero) is 1. The van der Waals surface area contributed by atoms with E-state index in [1.807, 2.05) is 11.9 Å². The van der Waals surface area contributed by atoms with Crippen molar-refractivity contribution in [2.75, 3.05) is 33.2 Å². The Kier molecular flexibility index (Phi) is 3.42. The summed E-state index contributed by atoms with van der Waals surface area (Å²) in [7, 11) is 1.81. The van der Waals surface area contributed by atoms with Gasteiger partial charge in [0.2, 0.25) is 5.91 Å². The van der Waals surface area contributed by atoms with Gasteiger partial charge in [-0.25, -0.2) is 0 Å². The minimum absolute atomic E-state index is 0.148. The van der Waals surface area contributed by atoms with Crippen LogP contribution in [0.25, 0.3) is 0 Å². The molecule has 0 bridgehead atoms. The van der Waals surface area contributed by atoms with E-state index in [-0.39, 0.29) is 11.7 Å². The van der Waals surface area contributed by atoms with Crippen molar-refractivity contribution in [2.45, 2.75) is 13.3 Å². The summed E-state index contributed by atoms with van der Waals surface area (Å²) in [6.07, 6.45) is 0.553. The number of hydrogen-bond acceptors (Lipinski definition) is 3. The highest BCUT2D eigenvalue weighted by Gasteiger charge is 2.20. The van der Waals surface area contributed by atoms with Crippen molar-refractivity contribution in [2.24, 2.45) is 0 Å². The highest BCUT2D eigenvalue weighted by atomic mass is 16.2. The van der Waals surface area contributed by atoms with Crippen LogP contribution in [0.5, 0.6) is 0 Å². The van der Waals surface area contributed by atoms with Crippen LogP contribution in [0.3, 0.4) is 0 Å². The Morgan fingerprint density at radius 2 is 2.15 bits per heavy atom. The summed E-state index contributed by atoms with van der Waals surface area (Å²) in [5, 5.41) is 0. The summed E-state index contributed by atoms with van der Waals surface area (Å²) in [5.41, 5.74) is 0. The molecule has 0 unspecified atom stereocenters. The van der Waals surface area contributed by atoms with Gasteiger partial charge in [0.1, 0.15) is 5.78 Å². The summed E-state index contributed by atoms with van der Waals surface area (Å²) in [6, 6.07) is 0. The van der Waals surface area contributed by atoms with Gasteiger partial charge in [-0.1, -0.05) is 0 Å². The lowest BCUT2D eigenvalue weighted by Gasteiger charge is -2.31. The molecule has 0 aromatic heterocycles. The Labute approximate surface area is 78.5 Å². The summed E-state index contributed by atoms with van der Waals surface area (Å²) in [4.78, 5) is 25.7. The van der Waals surface area contributed by atoms with E-state index in [9.17, 15) is 9.59 Å². The molecule has 13 heavy (non-hydrogen) atoms. The van der Waals surface area contributed by atoms with Gasteiger partial charge in [-0.05, 0) is 6.92 Å².